The SMILES string of the molecule is COCCN1CCC2(COCCN(C(=O)NCc3ccccc3)C2)C1. The van der Waals surface area contributed by atoms with Crippen LogP contribution in [0.25, 0.3) is 0 Å². The van der Waals surface area contributed by atoms with Crippen molar-refractivity contribution < 1.29 is 14.3 Å². The number of hydrogen-bond donors (Lipinski definition) is 1. The van der Waals surface area contributed by atoms with Crippen molar-refractivity contribution in [1.29, 1.82) is 0 Å². The van der Waals surface area contributed by atoms with Gasteiger partial charge in [0.25, 0.3) is 0 Å². The van der Waals surface area contributed by atoms with E-state index in [0.717, 1.165) is 51.4 Å². The van der Waals surface area contributed by atoms with Gasteiger partial charge in [0.15, 0.2) is 0 Å². The summed E-state index contributed by atoms with van der Waals surface area (Å²) in [6.45, 7) is 7.03. The third-order valence-electron chi connectivity index (χ3n) is 5.14. The topological polar surface area (TPSA) is 54.0 Å². The van der Waals surface area contributed by atoms with E-state index < -0.39 is 0 Å². The lowest BCUT2D eigenvalue weighted by Crippen LogP contribution is -2.47. The fourth-order valence-corrected chi connectivity index (χ4v) is 3.74. The van der Waals surface area contributed by atoms with Gasteiger partial charge in [0.1, 0.15) is 0 Å². The first kappa shape index (κ1) is 18.2. The molecule has 1 aromatic rings. The number of rotatable bonds is 5. The maximum atomic E-state index is 12.6. The maximum Gasteiger partial charge on any atom is 0.317 e. The molecule has 1 aromatic carbocycles. The first-order valence-corrected chi connectivity index (χ1v) is 9.07. The van der Waals surface area contributed by atoms with Crippen LogP contribution in [-0.4, -0.2) is 75.5 Å². The van der Waals surface area contributed by atoms with Crippen LogP contribution in [0.4, 0.5) is 4.79 Å². The Morgan fingerprint density at radius 1 is 1.28 bits per heavy atom. The van der Waals surface area contributed by atoms with Gasteiger partial charge in [-0.05, 0) is 18.5 Å². The molecule has 138 valence electrons. The zero-order valence-electron chi connectivity index (χ0n) is 15.1. The van der Waals surface area contributed by atoms with E-state index in [9.17, 15) is 4.79 Å². The number of amides is 2. The summed E-state index contributed by atoms with van der Waals surface area (Å²) in [6, 6.07) is 10.0. The number of carbonyl (C=O) groups excluding carboxylic acids is 1. The molecule has 2 fully saturated rings. The van der Waals surface area contributed by atoms with Gasteiger partial charge in [-0.15, -0.1) is 0 Å². The van der Waals surface area contributed by atoms with E-state index in [2.05, 4.69) is 10.2 Å². The van der Waals surface area contributed by atoms with Crippen LogP contribution in [0.5, 0.6) is 0 Å². The van der Waals surface area contributed by atoms with E-state index in [4.69, 9.17) is 9.47 Å². The Morgan fingerprint density at radius 3 is 2.92 bits per heavy atom. The van der Waals surface area contributed by atoms with Gasteiger partial charge in [-0.1, -0.05) is 30.3 Å². The van der Waals surface area contributed by atoms with Crippen molar-refractivity contribution in [3.8, 4) is 0 Å². The van der Waals surface area contributed by atoms with Crippen molar-refractivity contribution in [1.82, 2.24) is 15.1 Å². The molecule has 0 radical (unpaired) electrons. The third kappa shape index (κ3) is 4.93. The van der Waals surface area contributed by atoms with Crippen molar-refractivity contribution in [3.63, 3.8) is 0 Å². The van der Waals surface area contributed by atoms with E-state index in [0.29, 0.717) is 19.7 Å². The van der Waals surface area contributed by atoms with Gasteiger partial charge < -0.3 is 24.6 Å². The molecule has 0 aliphatic carbocycles. The van der Waals surface area contributed by atoms with E-state index in [1.54, 1.807) is 7.11 Å². The molecule has 0 aromatic heterocycles. The number of urea groups is 1. The minimum atomic E-state index is 0.00377. The van der Waals surface area contributed by atoms with Crippen LogP contribution in [0.1, 0.15) is 12.0 Å². The predicted molar refractivity (Wildman–Crippen MR) is 96.4 cm³/mol. The second-order valence-corrected chi connectivity index (χ2v) is 7.14. The fraction of sp³-hybridized carbons (Fsp3) is 0.632. The molecule has 25 heavy (non-hydrogen) atoms. The summed E-state index contributed by atoms with van der Waals surface area (Å²) >= 11 is 0. The Bertz CT molecular complexity index is 554. The number of benzene rings is 1. The number of methoxy groups -OCH3 is 1. The van der Waals surface area contributed by atoms with E-state index in [1.165, 1.54) is 0 Å². The molecule has 2 aliphatic heterocycles. The Balaban J connectivity index is 1.55. The first-order valence-electron chi connectivity index (χ1n) is 9.07. The smallest absolute Gasteiger partial charge is 0.317 e. The van der Waals surface area contributed by atoms with Gasteiger partial charge in [0.2, 0.25) is 0 Å². The molecule has 2 aliphatic rings. The summed E-state index contributed by atoms with van der Waals surface area (Å²) in [5.41, 5.74) is 1.16. The summed E-state index contributed by atoms with van der Waals surface area (Å²) in [4.78, 5) is 17.0. The van der Waals surface area contributed by atoms with E-state index >= 15 is 0 Å². The fourth-order valence-electron chi connectivity index (χ4n) is 3.74. The molecule has 2 amide bonds. The standard InChI is InChI=1S/C19H29N3O3/c1-24-11-9-21-8-7-19(14-21)15-22(10-12-25-16-19)18(23)20-13-17-5-3-2-4-6-17/h2-6H,7-16H2,1H3,(H,20,23). The molecule has 3 rings (SSSR count). The van der Waals surface area contributed by atoms with Crippen LogP contribution in [0.15, 0.2) is 30.3 Å². The average molecular weight is 347 g/mol. The van der Waals surface area contributed by atoms with Crippen LogP contribution < -0.4 is 5.32 Å². The van der Waals surface area contributed by atoms with E-state index in [-0.39, 0.29) is 11.4 Å². The summed E-state index contributed by atoms with van der Waals surface area (Å²) in [7, 11) is 1.74. The summed E-state index contributed by atoms with van der Waals surface area (Å²) in [6.07, 6.45) is 1.07. The summed E-state index contributed by atoms with van der Waals surface area (Å²) in [5, 5.41) is 3.05. The first-order chi connectivity index (χ1) is 12.2. The lowest BCUT2D eigenvalue weighted by atomic mass is 9.87. The highest BCUT2D eigenvalue weighted by atomic mass is 16.5. The van der Waals surface area contributed by atoms with Crippen molar-refractivity contribution in [2.24, 2.45) is 5.41 Å². The molecule has 1 unspecified atom stereocenters. The minimum absolute atomic E-state index is 0.00377. The van der Waals surface area contributed by atoms with Crippen LogP contribution in [0.2, 0.25) is 0 Å². The zero-order valence-corrected chi connectivity index (χ0v) is 15.1. The maximum absolute atomic E-state index is 12.6. The largest absolute Gasteiger partial charge is 0.383 e. The number of nitrogens with one attached hydrogen (secondary N) is 1. The minimum Gasteiger partial charge on any atom is -0.383 e. The van der Waals surface area contributed by atoms with Crippen molar-refractivity contribution >= 4 is 6.03 Å². The van der Waals surface area contributed by atoms with Crippen molar-refractivity contribution in [2.45, 2.75) is 13.0 Å². The van der Waals surface area contributed by atoms with Gasteiger partial charge in [0, 0.05) is 45.2 Å². The van der Waals surface area contributed by atoms with Gasteiger partial charge in [-0.2, -0.15) is 0 Å². The molecule has 2 saturated heterocycles. The highest BCUT2D eigenvalue weighted by Gasteiger charge is 2.41. The molecule has 2 heterocycles. The normalized spacial score (nSPS) is 24.4. The van der Waals surface area contributed by atoms with Gasteiger partial charge >= 0.3 is 6.03 Å². The lowest BCUT2D eigenvalue weighted by molar-refractivity contribution is 0.0691. The average Bonchev–Trinajstić information content (AvgIpc) is 2.91. The number of nitrogens with zero attached hydrogens (tertiary/aromatic N) is 2. The predicted octanol–water partition coefficient (Wildman–Crippen LogP) is 1.57. The molecular formula is C19H29N3O3. The third-order valence-corrected chi connectivity index (χ3v) is 5.14. The van der Waals surface area contributed by atoms with Crippen molar-refractivity contribution in [2.75, 3.05) is 59.7 Å². The summed E-state index contributed by atoms with van der Waals surface area (Å²) < 4.78 is 11.0. The van der Waals surface area contributed by atoms with Gasteiger partial charge in [0.05, 0.1) is 19.8 Å². The van der Waals surface area contributed by atoms with E-state index in [1.807, 2.05) is 35.2 Å². The molecule has 0 saturated carbocycles. The molecule has 6 heteroatoms. The second kappa shape index (κ2) is 8.65. The Hall–Kier alpha value is -1.63. The lowest BCUT2D eigenvalue weighted by Gasteiger charge is -2.32. The monoisotopic (exact) mass is 347 g/mol. The molecule has 6 nitrogen and oxygen atoms in total. The molecule has 1 atom stereocenters. The Kier molecular flexibility index (Phi) is 6.29. The van der Waals surface area contributed by atoms with Crippen LogP contribution in [0.3, 0.4) is 0 Å². The second-order valence-electron chi connectivity index (χ2n) is 7.14. The molecule has 1 N–H and O–H groups in total. The van der Waals surface area contributed by atoms with Gasteiger partial charge in [-0.3, -0.25) is 0 Å². The Morgan fingerprint density at radius 2 is 2.12 bits per heavy atom. The summed E-state index contributed by atoms with van der Waals surface area (Å²) in [5.74, 6) is 0. The number of likely N-dealkylation sites (tertiary alicyclic amines) is 1. The highest BCUT2D eigenvalue weighted by Crippen LogP contribution is 2.33. The zero-order chi connectivity index (χ0) is 17.5. The molecule has 0 bridgehead atoms. The van der Waals surface area contributed by atoms with Gasteiger partial charge in [-0.25, -0.2) is 4.79 Å². The Labute approximate surface area is 150 Å². The quantitative estimate of drug-likeness (QED) is 0.878. The van der Waals surface area contributed by atoms with Crippen LogP contribution in [-0.2, 0) is 16.0 Å². The van der Waals surface area contributed by atoms with Crippen LogP contribution >= 0.6 is 0 Å². The number of carbonyl (C=O) groups is 1. The molecule has 1 spiro atoms. The molecular weight excluding hydrogens is 318 g/mol. The van der Waals surface area contributed by atoms with Crippen molar-refractivity contribution in [3.05, 3.63) is 35.9 Å². The highest BCUT2D eigenvalue weighted by molar-refractivity contribution is 5.74. The number of hydrogen-bond acceptors (Lipinski definition) is 4. The number of ether oxygens (including phenoxy) is 2. The van der Waals surface area contributed by atoms with Crippen LogP contribution in [0, 0.1) is 5.41 Å².